The first-order chi connectivity index (χ1) is 9.31. The van der Waals surface area contributed by atoms with Crippen molar-refractivity contribution in [3.8, 4) is 10.4 Å². The highest BCUT2D eigenvalue weighted by Crippen LogP contribution is 2.28. The van der Waals surface area contributed by atoms with E-state index in [9.17, 15) is 4.39 Å². The smallest absolute Gasteiger partial charge is 0.123 e. The van der Waals surface area contributed by atoms with E-state index in [1.165, 1.54) is 34.7 Å². The van der Waals surface area contributed by atoms with Gasteiger partial charge in [-0.15, -0.1) is 11.3 Å². The fourth-order valence-electron chi connectivity index (χ4n) is 1.91. The van der Waals surface area contributed by atoms with Crippen molar-refractivity contribution in [1.82, 2.24) is 5.32 Å². The van der Waals surface area contributed by atoms with Gasteiger partial charge in [0.15, 0.2) is 0 Å². The number of nitrogens with one attached hydrogen (secondary N) is 1. The summed E-state index contributed by atoms with van der Waals surface area (Å²) < 4.78 is 12.9. The SMILES string of the molecule is Fc1ccc(-c2ccc(C=CCNC3CC3)s2)cc1. The number of benzene rings is 1. The Hall–Kier alpha value is -1.45. The minimum absolute atomic E-state index is 0.188. The van der Waals surface area contributed by atoms with E-state index in [2.05, 4.69) is 29.6 Å². The summed E-state index contributed by atoms with van der Waals surface area (Å²) in [4.78, 5) is 2.41. The highest BCUT2D eigenvalue weighted by Gasteiger charge is 2.18. The zero-order chi connectivity index (χ0) is 13.1. The van der Waals surface area contributed by atoms with Gasteiger partial charge in [-0.1, -0.05) is 18.2 Å². The first-order valence-electron chi connectivity index (χ1n) is 6.57. The first-order valence-corrected chi connectivity index (χ1v) is 7.38. The van der Waals surface area contributed by atoms with Crippen molar-refractivity contribution >= 4 is 17.4 Å². The van der Waals surface area contributed by atoms with Gasteiger partial charge in [0.25, 0.3) is 0 Å². The normalized spacial score (nSPS) is 15.2. The third-order valence-electron chi connectivity index (χ3n) is 3.14. The van der Waals surface area contributed by atoms with E-state index in [1.807, 2.05) is 12.1 Å². The van der Waals surface area contributed by atoms with Crippen molar-refractivity contribution in [1.29, 1.82) is 0 Å². The van der Waals surface area contributed by atoms with E-state index in [1.54, 1.807) is 11.3 Å². The predicted molar refractivity (Wildman–Crippen MR) is 79.8 cm³/mol. The second kappa shape index (κ2) is 5.68. The Labute approximate surface area is 116 Å². The molecule has 0 bridgehead atoms. The van der Waals surface area contributed by atoms with Gasteiger partial charge in [-0.25, -0.2) is 4.39 Å². The minimum Gasteiger partial charge on any atom is -0.311 e. The molecule has 3 rings (SSSR count). The molecule has 1 nitrogen and oxygen atoms in total. The lowest BCUT2D eigenvalue weighted by Crippen LogP contribution is -2.15. The predicted octanol–water partition coefficient (Wildman–Crippen LogP) is 4.32. The van der Waals surface area contributed by atoms with Crippen LogP contribution in [0, 0.1) is 5.82 Å². The molecule has 3 heteroatoms. The summed E-state index contributed by atoms with van der Waals surface area (Å²) in [5.41, 5.74) is 1.07. The summed E-state index contributed by atoms with van der Waals surface area (Å²) in [5, 5.41) is 3.45. The van der Waals surface area contributed by atoms with Crippen LogP contribution in [0.3, 0.4) is 0 Å². The number of hydrogen-bond donors (Lipinski definition) is 1. The van der Waals surface area contributed by atoms with Crippen LogP contribution in [0.25, 0.3) is 16.5 Å². The molecule has 0 spiro atoms. The summed E-state index contributed by atoms with van der Waals surface area (Å²) in [5.74, 6) is -0.188. The monoisotopic (exact) mass is 273 g/mol. The molecule has 19 heavy (non-hydrogen) atoms. The average Bonchev–Trinajstić information content (AvgIpc) is 3.13. The number of hydrogen-bond acceptors (Lipinski definition) is 2. The van der Waals surface area contributed by atoms with Gasteiger partial charge in [0, 0.05) is 22.3 Å². The lowest BCUT2D eigenvalue weighted by Gasteiger charge is -1.96. The van der Waals surface area contributed by atoms with Gasteiger partial charge < -0.3 is 5.32 Å². The number of halogens is 1. The average molecular weight is 273 g/mol. The third-order valence-corrected chi connectivity index (χ3v) is 4.24. The minimum atomic E-state index is -0.188. The molecule has 1 aliphatic carbocycles. The molecular weight excluding hydrogens is 257 g/mol. The maximum absolute atomic E-state index is 12.9. The van der Waals surface area contributed by atoms with Crippen LogP contribution in [0.2, 0.25) is 0 Å². The standard InChI is InChI=1S/C16H16FNS/c17-13-5-3-12(4-6-13)16-10-9-15(19-16)2-1-11-18-14-7-8-14/h1-6,9-10,14,18H,7-8,11H2. The van der Waals surface area contributed by atoms with Crippen molar-refractivity contribution in [3.63, 3.8) is 0 Å². The largest absolute Gasteiger partial charge is 0.311 e. The van der Waals surface area contributed by atoms with Crippen molar-refractivity contribution in [2.45, 2.75) is 18.9 Å². The van der Waals surface area contributed by atoms with Gasteiger partial charge >= 0.3 is 0 Å². The highest BCUT2D eigenvalue weighted by atomic mass is 32.1. The third kappa shape index (κ3) is 3.52. The van der Waals surface area contributed by atoms with Crippen LogP contribution in [-0.4, -0.2) is 12.6 Å². The summed E-state index contributed by atoms with van der Waals surface area (Å²) in [6, 6.07) is 11.6. The van der Waals surface area contributed by atoms with Crippen LogP contribution in [0.15, 0.2) is 42.5 Å². The number of thiophene rings is 1. The molecule has 1 fully saturated rings. The van der Waals surface area contributed by atoms with Crippen molar-refractivity contribution in [3.05, 3.63) is 53.2 Å². The molecule has 0 saturated heterocycles. The Morgan fingerprint density at radius 3 is 2.68 bits per heavy atom. The fraction of sp³-hybridized carbons (Fsp3) is 0.250. The fourth-order valence-corrected chi connectivity index (χ4v) is 2.85. The van der Waals surface area contributed by atoms with Crippen molar-refractivity contribution in [2.24, 2.45) is 0 Å². The second-order valence-electron chi connectivity index (χ2n) is 4.79. The molecule has 1 N–H and O–H groups in total. The van der Waals surface area contributed by atoms with Crippen molar-refractivity contribution < 1.29 is 4.39 Å². The Morgan fingerprint density at radius 2 is 1.95 bits per heavy atom. The van der Waals surface area contributed by atoms with E-state index in [0.717, 1.165) is 18.2 Å². The van der Waals surface area contributed by atoms with Gasteiger partial charge in [0.1, 0.15) is 5.82 Å². The summed E-state index contributed by atoms with van der Waals surface area (Å²) in [6.07, 6.45) is 6.95. The summed E-state index contributed by atoms with van der Waals surface area (Å²) >= 11 is 1.73. The van der Waals surface area contributed by atoms with Crippen molar-refractivity contribution in [2.75, 3.05) is 6.54 Å². The van der Waals surface area contributed by atoms with Crippen LogP contribution in [0.1, 0.15) is 17.7 Å². The molecule has 1 aliphatic rings. The van der Waals surface area contributed by atoms with E-state index < -0.39 is 0 Å². The van der Waals surface area contributed by atoms with Crippen LogP contribution in [0.4, 0.5) is 4.39 Å². The van der Waals surface area contributed by atoms with Gasteiger partial charge in [-0.2, -0.15) is 0 Å². The molecule has 1 aromatic carbocycles. The Balaban J connectivity index is 1.63. The molecule has 0 radical (unpaired) electrons. The van der Waals surface area contributed by atoms with Crippen LogP contribution >= 0.6 is 11.3 Å². The molecule has 98 valence electrons. The molecular formula is C16H16FNS. The zero-order valence-corrected chi connectivity index (χ0v) is 11.4. The van der Waals surface area contributed by atoms with E-state index in [0.29, 0.717) is 0 Å². The Bertz CT molecular complexity index is 567. The summed E-state index contributed by atoms with van der Waals surface area (Å²) in [6.45, 7) is 0.939. The van der Waals surface area contributed by atoms with Gasteiger partial charge in [-0.3, -0.25) is 0 Å². The molecule has 1 saturated carbocycles. The van der Waals surface area contributed by atoms with Crippen LogP contribution in [0.5, 0.6) is 0 Å². The van der Waals surface area contributed by atoms with Crippen LogP contribution in [-0.2, 0) is 0 Å². The van der Waals surface area contributed by atoms with Gasteiger partial charge in [0.2, 0.25) is 0 Å². The summed E-state index contributed by atoms with van der Waals surface area (Å²) in [7, 11) is 0. The highest BCUT2D eigenvalue weighted by molar-refractivity contribution is 7.16. The topological polar surface area (TPSA) is 12.0 Å². The number of rotatable bonds is 5. The molecule has 0 amide bonds. The zero-order valence-electron chi connectivity index (χ0n) is 10.6. The van der Waals surface area contributed by atoms with Gasteiger partial charge in [0.05, 0.1) is 0 Å². The first kappa shape index (κ1) is 12.6. The molecule has 0 atom stereocenters. The molecule has 0 unspecified atom stereocenters. The van der Waals surface area contributed by atoms with E-state index >= 15 is 0 Å². The van der Waals surface area contributed by atoms with E-state index in [4.69, 9.17) is 0 Å². The molecule has 1 heterocycles. The molecule has 0 aliphatic heterocycles. The maximum Gasteiger partial charge on any atom is 0.123 e. The lowest BCUT2D eigenvalue weighted by atomic mass is 10.2. The second-order valence-corrected chi connectivity index (χ2v) is 5.91. The maximum atomic E-state index is 12.9. The van der Waals surface area contributed by atoms with Crippen LogP contribution < -0.4 is 5.32 Å². The Morgan fingerprint density at radius 1 is 1.16 bits per heavy atom. The Kier molecular flexibility index (Phi) is 3.76. The quantitative estimate of drug-likeness (QED) is 0.855. The molecule has 2 aromatic rings. The van der Waals surface area contributed by atoms with E-state index in [-0.39, 0.29) is 5.82 Å². The van der Waals surface area contributed by atoms with Gasteiger partial charge in [-0.05, 0) is 48.7 Å². The molecule has 1 aromatic heterocycles. The lowest BCUT2D eigenvalue weighted by molar-refractivity contribution is 0.628.